The Labute approximate surface area is 192 Å². The van der Waals surface area contributed by atoms with Crippen LogP contribution in [0, 0.1) is 11.3 Å². The van der Waals surface area contributed by atoms with Gasteiger partial charge in [0.2, 0.25) is 0 Å². The van der Waals surface area contributed by atoms with E-state index in [1.807, 2.05) is 67.6 Å². The molecule has 32 heavy (non-hydrogen) atoms. The SMILES string of the molecule is CCOc1cc(/C=C(/C#N)C(=O)NCc2ccccc2)ccc1OCc1ccccc1Cl. The van der Waals surface area contributed by atoms with Gasteiger partial charge in [-0.15, -0.1) is 0 Å². The lowest BCUT2D eigenvalue weighted by Crippen LogP contribution is -2.23. The molecule has 0 unspecified atom stereocenters. The van der Waals surface area contributed by atoms with Crippen LogP contribution >= 0.6 is 11.6 Å². The average molecular weight is 447 g/mol. The molecule has 3 aromatic carbocycles. The van der Waals surface area contributed by atoms with E-state index in [-0.39, 0.29) is 5.57 Å². The first-order valence-corrected chi connectivity index (χ1v) is 10.6. The number of hydrogen-bond acceptors (Lipinski definition) is 4. The molecule has 1 amide bonds. The normalized spacial score (nSPS) is 10.8. The summed E-state index contributed by atoms with van der Waals surface area (Å²) in [6, 6.07) is 24.2. The summed E-state index contributed by atoms with van der Waals surface area (Å²) in [6.45, 7) is 2.95. The molecule has 0 atom stereocenters. The van der Waals surface area contributed by atoms with Crippen molar-refractivity contribution in [3.63, 3.8) is 0 Å². The van der Waals surface area contributed by atoms with Gasteiger partial charge >= 0.3 is 0 Å². The largest absolute Gasteiger partial charge is 0.490 e. The van der Waals surface area contributed by atoms with E-state index in [1.54, 1.807) is 18.2 Å². The lowest BCUT2D eigenvalue weighted by atomic mass is 10.1. The highest BCUT2D eigenvalue weighted by Crippen LogP contribution is 2.30. The molecule has 0 aliphatic heterocycles. The number of ether oxygens (including phenoxy) is 2. The predicted molar refractivity (Wildman–Crippen MR) is 125 cm³/mol. The van der Waals surface area contributed by atoms with Gasteiger partial charge in [0.05, 0.1) is 6.61 Å². The fraction of sp³-hybridized carbons (Fsp3) is 0.154. The molecule has 0 saturated carbocycles. The lowest BCUT2D eigenvalue weighted by molar-refractivity contribution is -0.117. The van der Waals surface area contributed by atoms with Crippen LogP contribution in [-0.4, -0.2) is 12.5 Å². The Hall–Kier alpha value is -3.75. The number of hydrogen-bond donors (Lipinski definition) is 1. The van der Waals surface area contributed by atoms with Gasteiger partial charge in [-0.2, -0.15) is 5.26 Å². The molecule has 0 fully saturated rings. The molecule has 0 bridgehead atoms. The second-order valence-electron chi connectivity index (χ2n) is 6.86. The Morgan fingerprint density at radius 1 is 1.03 bits per heavy atom. The summed E-state index contributed by atoms with van der Waals surface area (Å²) in [5.41, 5.74) is 2.48. The number of nitriles is 1. The maximum absolute atomic E-state index is 12.5. The highest BCUT2D eigenvalue weighted by molar-refractivity contribution is 6.31. The summed E-state index contributed by atoms with van der Waals surface area (Å²) >= 11 is 6.20. The molecule has 0 saturated heterocycles. The molecular weight excluding hydrogens is 424 g/mol. The van der Waals surface area contributed by atoms with Gasteiger partial charge in [0, 0.05) is 17.1 Å². The van der Waals surface area contributed by atoms with Gasteiger partial charge in [-0.1, -0.05) is 66.2 Å². The number of rotatable bonds is 9. The number of carbonyl (C=O) groups excluding carboxylic acids is 1. The second kappa shape index (κ2) is 11.6. The molecule has 3 aromatic rings. The van der Waals surface area contributed by atoms with E-state index in [1.165, 1.54) is 6.08 Å². The van der Waals surface area contributed by atoms with Gasteiger partial charge in [0.1, 0.15) is 18.2 Å². The summed E-state index contributed by atoms with van der Waals surface area (Å²) in [6.07, 6.45) is 1.53. The van der Waals surface area contributed by atoms with Gasteiger partial charge in [0.25, 0.3) is 5.91 Å². The predicted octanol–water partition coefficient (Wildman–Crippen LogP) is 5.54. The first-order valence-electron chi connectivity index (χ1n) is 10.2. The molecular formula is C26H23ClN2O3. The lowest BCUT2D eigenvalue weighted by Gasteiger charge is -2.13. The van der Waals surface area contributed by atoms with Crippen molar-refractivity contribution >= 4 is 23.6 Å². The van der Waals surface area contributed by atoms with Crippen molar-refractivity contribution in [2.45, 2.75) is 20.1 Å². The van der Waals surface area contributed by atoms with Gasteiger partial charge in [-0.05, 0) is 42.3 Å². The van der Waals surface area contributed by atoms with E-state index in [0.717, 1.165) is 11.1 Å². The Bertz CT molecular complexity index is 1140. The molecule has 0 radical (unpaired) electrons. The molecule has 6 heteroatoms. The van der Waals surface area contributed by atoms with Crippen LogP contribution in [0.1, 0.15) is 23.6 Å². The smallest absolute Gasteiger partial charge is 0.262 e. The number of benzene rings is 3. The minimum Gasteiger partial charge on any atom is -0.490 e. The summed E-state index contributed by atoms with van der Waals surface area (Å²) in [5, 5.41) is 12.9. The van der Waals surface area contributed by atoms with Crippen molar-refractivity contribution < 1.29 is 14.3 Å². The fourth-order valence-corrected chi connectivity index (χ4v) is 3.15. The quantitative estimate of drug-likeness (QED) is 0.346. The molecule has 1 N–H and O–H groups in total. The van der Waals surface area contributed by atoms with Crippen molar-refractivity contribution in [1.82, 2.24) is 5.32 Å². The van der Waals surface area contributed by atoms with Crippen LogP contribution in [0.3, 0.4) is 0 Å². The van der Waals surface area contributed by atoms with Crippen molar-refractivity contribution in [1.29, 1.82) is 5.26 Å². The zero-order valence-corrected chi connectivity index (χ0v) is 18.4. The monoisotopic (exact) mass is 446 g/mol. The minimum absolute atomic E-state index is 0.00751. The van der Waals surface area contributed by atoms with Crippen LogP contribution in [-0.2, 0) is 17.9 Å². The van der Waals surface area contributed by atoms with Gasteiger partial charge in [-0.25, -0.2) is 0 Å². The van der Waals surface area contributed by atoms with Crippen molar-refractivity contribution in [3.8, 4) is 17.6 Å². The summed E-state index contributed by atoms with van der Waals surface area (Å²) in [5.74, 6) is 0.639. The molecule has 162 valence electrons. The minimum atomic E-state index is -0.437. The van der Waals surface area contributed by atoms with E-state index in [9.17, 15) is 10.1 Å². The molecule has 0 aliphatic carbocycles. The van der Waals surface area contributed by atoms with E-state index in [0.29, 0.717) is 41.8 Å². The van der Waals surface area contributed by atoms with Crippen molar-refractivity contribution in [2.75, 3.05) is 6.61 Å². The Balaban J connectivity index is 1.73. The van der Waals surface area contributed by atoms with Gasteiger partial charge in [0.15, 0.2) is 11.5 Å². The zero-order valence-electron chi connectivity index (χ0n) is 17.7. The van der Waals surface area contributed by atoms with Gasteiger partial charge in [-0.3, -0.25) is 4.79 Å². The second-order valence-corrected chi connectivity index (χ2v) is 7.26. The third kappa shape index (κ3) is 6.37. The van der Waals surface area contributed by atoms with Crippen LogP contribution in [0.5, 0.6) is 11.5 Å². The van der Waals surface area contributed by atoms with Crippen molar-refractivity contribution in [2.24, 2.45) is 0 Å². The van der Waals surface area contributed by atoms with Crippen molar-refractivity contribution in [3.05, 3.63) is 100 Å². The molecule has 0 heterocycles. The third-order valence-corrected chi connectivity index (χ3v) is 4.95. The van der Waals surface area contributed by atoms with Crippen LogP contribution < -0.4 is 14.8 Å². The van der Waals surface area contributed by atoms with E-state index in [4.69, 9.17) is 21.1 Å². The Kier molecular flexibility index (Phi) is 8.30. The van der Waals surface area contributed by atoms with E-state index >= 15 is 0 Å². The van der Waals surface area contributed by atoms with Crippen LogP contribution in [0.15, 0.2) is 78.4 Å². The average Bonchev–Trinajstić information content (AvgIpc) is 2.82. The molecule has 5 nitrogen and oxygen atoms in total. The zero-order chi connectivity index (χ0) is 22.8. The molecule has 0 aliphatic rings. The standard InChI is InChI=1S/C26H23ClN2O3/c1-2-31-25-15-20(12-13-24(25)32-18-21-10-6-7-11-23(21)27)14-22(16-28)26(30)29-17-19-8-4-3-5-9-19/h3-15H,2,17-18H2,1H3,(H,29,30)/b22-14-. The molecule has 0 spiro atoms. The number of carbonyl (C=O) groups is 1. The summed E-state index contributed by atoms with van der Waals surface area (Å²) < 4.78 is 11.6. The summed E-state index contributed by atoms with van der Waals surface area (Å²) in [7, 11) is 0. The van der Waals surface area contributed by atoms with E-state index < -0.39 is 5.91 Å². The van der Waals surface area contributed by atoms with E-state index in [2.05, 4.69) is 5.32 Å². The highest BCUT2D eigenvalue weighted by atomic mass is 35.5. The number of amides is 1. The first kappa shape index (κ1) is 22.9. The third-order valence-electron chi connectivity index (χ3n) is 4.58. The maximum atomic E-state index is 12.5. The van der Waals surface area contributed by atoms with Crippen LogP contribution in [0.2, 0.25) is 5.02 Å². The molecule has 3 rings (SSSR count). The number of nitrogens with zero attached hydrogens (tertiary/aromatic N) is 1. The van der Waals surface area contributed by atoms with Crippen LogP contribution in [0.25, 0.3) is 6.08 Å². The topological polar surface area (TPSA) is 71.3 Å². The Morgan fingerprint density at radius 3 is 2.50 bits per heavy atom. The maximum Gasteiger partial charge on any atom is 0.262 e. The summed E-state index contributed by atoms with van der Waals surface area (Å²) in [4.78, 5) is 12.5. The number of halogens is 1. The van der Waals surface area contributed by atoms with Crippen LogP contribution in [0.4, 0.5) is 0 Å². The van der Waals surface area contributed by atoms with Gasteiger partial charge < -0.3 is 14.8 Å². The first-order chi connectivity index (χ1) is 15.6. The number of nitrogens with one attached hydrogen (secondary N) is 1. The Morgan fingerprint density at radius 2 is 1.78 bits per heavy atom. The molecule has 0 aromatic heterocycles. The fourth-order valence-electron chi connectivity index (χ4n) is 2.96. The highest BCUT2D eigenvalue weighted by Gasteiger charge is 2.11.